The van der Waals surface area contributed by atoms with Crippen molar-refractivity contribution in [3.8, 4) is 0 Å². The van der Waals surface area contributed by atoms with Gasteiger partial charge in [0.25, 0.3) is 5.91 Å². The second kappa shape index (κ2) is 5.89. The number of nitrogens with one attached hydrogen (secondary N) is 1. The van der Waals surface area contributed by atoms with E-state index in [1.807, 2.05) is 13.8 Å². The number of amides is 1. The summed E-state index contributed by atoms with van der Waals surface area (Å²) in [5, 5.41) is 3.63. The number of rotatable bonds is 2. The van der Waals surface area contributed by atoms with E-state index in [4.69, 9.17) is 16.0 Å². The summed E-state index contributed by atoms with van der Waals surface area (Å²) in [7, 11) is 0. The molecule has 0 saturated carbocycles. The minimum atomic E-state index is -0.496. The quantitative estimate of drug-likeness (QED) is 0.762. The summed E-state index contributed by atoms with van der Waals surface area (Å²) in [6.45, 7) is 3.85. The lowest BCUT2D eigenvalue weighted by molar-refractivity contribution is 0.0997. The van der Waals surface area contributed by atoms with Crippen molar-refractivity contribution in [2.45, 2.75) is 13.8 Å². The Bertz CT molecular complexity index is 976. The third-order valence-electron chi connectivity index (χ3n) is 3.65. The molecule has 0 unspecified atom stereocenters. The van der Waals surface area contributed by atoms with Gasteiger partial charge in [0.15, 0.2) is 11.2 Å². The second-order valence-corrected chi connectivity index (χ2v) is 5.81. The van der Waals surface area contributed by atoms with Gasteiger partial charge in [0.2, 0.25) is 0 Å². The molecule has 2 aromatic carbocycles. The van der Waals surface area contributed by atoms with Crippen LogP contribution in [-0.2, 0) is 0 Å². The molecule has 1 amide bonds. The SMILES string of the molecule is Cc1cc2oc(C(=O)Nc3cccc(Cl)c3)cc(=O)c2cc1C. The van der Waals surface area contributed by atoms with Crippen LogP contribution < -0.4 is 10.7 Å². The molecule has 0 aliphatic carbocycles. The van der Waals surface area contributed by atoms with Gasteiger partial charge in [-0.2, -0.15) is 0 Å². The molecule has 1 N–H and O–H groups in total. The van der Waals surface area contributed by atoms with Crippen LogP contribution in [-0.4, -0.2) is 5.91 Å². The first-order chi connectivity index (χ1) is 10.9. The van der Waals surface area contributed by atoms with Gasteiger partial charge in [-0.25, -0.2) is 0 Å². The maximum atomic E-state index is 12.3. The van der Waals surface area contributed by atoms with Gasteiger partial charge in [0.05, 0.1) is 5.39 Å². The Labute approximate surface area is 137 Å². The third-order valence-corrected chi connectivity index (χ3v) is 3.88. The number of aryl methyl sites for hydroxylation is 2. The fourth-order valence-electron chi connectivity index (χ4n) is 2.28. The van der Waals surface area contributed by atoms with Crippen molar-refractivity contribution in [1.29, 1.82) is 0 Å². The molecule has 0 bridgehead atoms. The number of halogens is 1. The van der Waals surface area contributed by atoms with Gasteiger partial charge in [-0.3, -0.25) is 9.59 Å². The van der Waals surface area contributed by atoms with E-state index in [1.54, 1.807) is 36.4 Å². The molecule has 0 aliphatic rings. The molecule has 0 saturated heterocycles. The molecular formula is C18H14ClNO3. The van der Waals surface area contributed by atoms with E-state index >= 15 is 0 Å². The highest BCUT2D eigenvalue weighted by atomic mass is 35.5. The predicted molar refractivity (Wildman–Crippen MR) is 91.4 cm³/mol. The lowest BCUT2D eigenvalue weighted by Gasteiger charge is -2.07. The van der Waals surface area contributed by atoms with E-state index < -0.39 is 5.91 Å². The van der Waals surface area contributed by atoms with Crippen LogP contribution in [0.15, 0.2) is 51.7 Å². The van der Waals surface area contributed by atoms with Crippen LogP contribution in [0.1, 0.15) is 21.7 Å². The summed E-state index contributed by atoms with van der Waals surface area (Å²) in [5.74, 6) is -0.532. The number of carbonyl (C=O) groups excluding carboxylic acids is 1. The molecule has 0 radical (unpaired) electrons. The highest BCUT2D eigenvalue weighted by molar-refractivity contribution is 6.30. The number of fused-ring (bicyclic) bond motifs is 1. The summed E-state index contributed by atoms with van der Waals surface area (Å²) in [6, 6.07) is 11.5. The molecule has 0 spiro atoms. The van der Waals surface area contributed by atoms with E-state index in [-0.39, 0.29) is 11.2 Å². The third kappa shape index (κ3) is 3.12. The van der Waals surface area contributed by atoms with Gasteiger partial charge in [0, 0.05) is 16.8 Å². The number of hydrogen-bond acceptors (Lipinski definition) is 3. The molecule has 0 atom stereocenters. The fourth-order valence-corrected chi connectivity index (χ4v) is 2.47. The average Bonchev–Trinajstić information content (AvgIpc) is 2.49. The standard InChI is InChI=1S/C18H14ClNO3/c1-10-6-14-15(21)9-17(23-16(14)7-11(10)2)18(22)20-13-5-3-4-12(19)8-13/h3-9H,1-2H3,(H,20,22). The topological polar surface area (TPSA) is 59.3 Å². The van der Waals surface area contributed by atoms with Crippen LogP contribution in [0.25, 0.3) is 11.0 Å². The van der Waals surface area contributed by atoms with E-state index in [0.717, 1.165) is 11.1 Å². The molecule has 0 aliphatic heterocycles. The zero-order valence-electron chi connectivity index (χ0n) is 12.6. The molecule has 23 heavy (non-hydrogen) atoms. The Morgan fingerprint density at radius 2 is 1.83 bits per heavy atom. The van der Waals surface area contributed by atoms with E-state index in [1.165, 1.54) is 6.07 Å². The smallest absolute Gasteiger partial charge is 0.291 e. The van der Waals surface area contributed by atoms with Crippen molar-refractivity contribution in [2.24, 2.45) is 0 Å². The maximum Gasteiger partial charge on any atom is 0.291 e. The summed E-state index contributed by atoms with van der Waals surface area (Å²) in [5.41, 5.74) is 2.68. The van der Waals surface area contributed by atoms with Crippen LogP contribution in [0.2, 0.25) is 5.02 Å². The van der Waals surface area contributed by atoms with Crippen molar-refractivity contribution < 1.29 is 9.21 Å². The highest BCUT2D eigenvalue weighted by Gasteiger charge is 2.13. The van der Waals surface area contributed by atoms with Gasteiger partial charge in [-0.1, -0.05) is 17.7 Å². The van der Waals surface area contributed by atoms with Crippen LogP contribution in [0.4, 0.5) is 5.69 Å². The van der Waals surface area contributed by atoms with Gasteiger partial charge >= 0.3 is 0 Å². The second-order valence-electron chi connectivity index (χ2n) is 5.37. The number of benzene rings is 2. The molecule has 1 heterocycles. The molecule has 5 heteroatoms. The number of hydrogen-bond donors (Lipinski definition) is 1. The largest absolute Gasteiger partial charge is 0.451 e. The number of anilines is 1. The van der Waals surface area contributed by atoms with Gasteiger partial charge in [-0.05, 0) is 55.3 Å². The van der Waals surface area contributed by atoms with Crippen molar-refractivity contribution in [3.63, 3.8) is 0 Å². The van der Waals surface area contributed by atoms with E-state index in [9.17, 15) is 9.59 Å². The first kappa shape index (κ1) is 15.3. The first-order valence-corrected chi connectivity index (χ1v) is 7.44. The van der Waals surface area contributed by atoms with Crippen LogP contribution in [0.3, 0.4) is 0 Å². The summed E-state index contributed by atoms with van der Waals surface area (Å²) in [4.78, 5) is 24.5. The van der Waals surface area contributed by atoms with E-state index in [0.29, 0.717) is 21.7 Å². The van der Waals surface area contributed by atoms with Gasteiger partial charge in [0.1, 0.15) is 5.58 Å². The lowest BCUT2D eigenvalue weighted by atomic mass is 10.1. The summed E-state index contributed by atoms with van der Waals surface area (Å²) >= 11 is 5.89. The molecule has 1 aromatic heterocycles. The van der Waals surface area contributed by atoms with E-state index in [2.05, 4.69) is 5.32 Å². The molecule has 4 nitrogen and oxygen atoms in total. The van der Waals surface area contributed by atoms with Crippen molar-refractivity contribution in [1.82, 2.24) is 0 Å². The molecule has 0 fully saturated rings. The predicted octanol–water partition coefficient (Wildman–Crippen LogP) is 4.32. The summed E-state index contributed by atoms with van der Waals surface area (Å²) in [6.07, 6.45) is 0. The van der Waals surface area contributed by atoms with Crippen LogP contribution >= 0.6 is 11.6 Å². The van der Waals surface area contributed by atoms with Crippen LogP contribution in [0.5, 0.6) is 0 Å². The molecule has 3 rings (SSSR count). The zero-order chi connectivity index (χ0) is 16.6. The Hall–Kier alpha value is -2.59. The monoisotopic (exact) mass is 327 g/mol. The maximum absolute atomic E-state index is 12.3. The Morgan fingerprint density at radius 1 is 1.09 bits per heavy atom. The first-order valence-electron chi connectivity index (χ1n) is 7.06. The minimum Gasteiger partial charge on any atom is -0.451 e. The zero-order valence-corrected chi connectivity index (χ0v) is 13.4. The minimum absolute atomic E-state index is 0.0364. The lowest BCUT2D eigenvalue weighted by Crippen LogP contribution is -2.15. The van der Waals surface area contributed by atoms with Crippen molar-refractivity contribution in [2.75, 3.05) is 5.32 Å². The fraction of sp³-hybridized carbons (Fsp3) is 0.111. The van der Waals surface area contributed by atoms with Crippen LogP contribution in [0, 0.1) is 13.8 Å². The van der Waals surface area contributed by atoms with Gasteiger partial charge in [-0.15, -0.1) is 0 Å². The Balaban J connectivity index is 2.01. The number of carbonyl (C=O) groups is 1. The Kier molecular flexibility index (Phi) is 3.92. The van der Waals surface area contributed by atoms with Gasteiger partial charge < -0.3 is 9.73 Å². The highest BCUT2D eigenvalue weighted by Crippen LogP contribution is 2.19. The summed E-state index contributed by atoms with van der Waals surface area (Å²) < 4.78 is 5.60. The normalized spacial score (nSPS) is 10.7. The van der Waals surface area contributed by atoms with Crippen molar-refractivity contribution >= 4 is 34.2 Å². The average molecular weight is 328 g/mol. The molecular weight excluding hydrogens is 314 g/mol. The Morgan fingerprint density at radius 3 is 2.57 bits per heavy atom. The molecule has 3 aromatic rings. The molecule has 116 valence electrons. The van der Waals surface area contributed by atoms with Crippen molar-refractivity contribution in [3.05, 3.63) is 74.6 Å².